The standard InChI is InChI=1S/C24H47BN2/c1-10-13-14-15-18-21(16-11-2)22(17-12-3)25-26(23(4,5)6)19-20-27(25)24(7,8)9/h15,18H,10-14,16-17,19-20H2,1-9H3/b18-15+,22-21-. The molecule has 0 saturated carbocycles. The van der Waals surface area contributed by atoms with Gasteiger partial charge in [-0.3, -0.25) is 0 Å². The molecule has 3 heteroatoms. The quantitative estimate of drug-likeness (QED) is 0.247. The fourth-order valence-electron chi connectivity index (χ4n) is 4.30. The van der Waals surface area contributed by atoms with Gasteiger partial charge >= 0.3 is 6.98 Å². The van der Waals surface area contributed by atoms with Crippen LogP contribution in [0.5, 0.6) is 0 Å². The first-order valence-corrected chi connectivity index (χ1v) is 11.5. The zero-order valence-corrected chi connectivity index (χ0v) is 20.0. The topological polar surface area (TPSA) is 6.48 Å². The van der Waals surface area contributed by atoms with Gasteiger partial charge in [0.05, 0.1) is 0 Å². The lowest BCUT2D eigenvalue weighted by Crippen LogP contribution is -2.58. The molecule has 0 radical (unpaired) electrons. The highest BCUT2D eigenvalue weighted by Gasteiger charge is 2.47. The summed E-state index contributed by atoms with van der Waals surface area (Å²) in [6.45, 7) is 24.0. The molecule has 0 spiro atoms. The summed E-state index contributed by atoms with van der Waals surface area (Å²) in [6, 6.07) is 0. The molecule has 0 N–H and O–H groups in total. The third kappa shape index (κ3) is 7.09. The maximum Gasteiger partial charge on any atom is 0.343 e. The number of rotatable bonds is 9. The first-order valence-electron chi connectivity index (χ1n) is 11.5. The Labute approximate surface area is 171 Å². The van der Waals surface area contributed by atoms with Crippen molar-refractivity contribution in [2.24, 2.45) is 0 Å². The van der Waals surface area contributed by atoms with Crippen molar-refractivity contribution in [2.45, 2.75) is 118 Å². The molecule has 1 aliphatic heterocycles. The second kappa shape index (κ2) is 10.9. The maximum atomic E-state index is 2.75. The van der Waals surface area contributed by atoms with E-state index >= 15 is 0 Å². The third-order valence-electron chi connectivity index (χ3n) is 5.70. The smallest absolute Gasteiger partial charge is 0.318 e. The molecule has 1 aliphatic rings. The van der Waals surface area contributed by atoms with Crippen molar-refractivity contribution in [3.63, 3.8) is 0 Å². The van der Waals surface area contributed by atoms with Crippen molar-refractivity contribution >= 4 is 6.98 Å². The Morgan fingerprint density at radius 3 is 1.74 bits per heavy atom. The van der Waals surface area contributed by atoms with Crippen LogP contribution in [-0.2, 0) is 0 Å². The van der Waals surface area contributed by atoms with Crippen molar-refractivity contribution in [1.82, 2.24) is 9.62 Å². The number of hydrogen-bond acceptors (Lipinski definition) is 2. The molecule has 0 amide bonds. The molecule has 0 atom stereocenters. The average molecular weight is 374 g/mol. The van der Waals surface area contributed by atoms with E-state index < -0.39 is 0 Å². The first kappa shape index (κ1) is 24.5. The minimum Gasteiger partial charge on any atom is -0.318 e. The van der Waals surface area contributed by atoms with Gasteiger partial charge in [-0.15, -0.1) is 0 Å². The van der Waals surface area contributed by atoms with E-state index in [1.165, 1.54) is 44.9 Å². The van der Waals surface area contributed by atoms with Gasteiger partial charge in [0, 0.05) is 24.2 Å². The Balaban J connectivity index is 3.42. The molecule has 1 fully saturated rings. The molecule has 0 unspecified atom stereocenters. The van der Waals surface area contributed by atoms with Crippen LogP contribution in [0.4, 0.5) is 0 Å². The molecule has 0 aromatic heterocycles. The van der Waals surface area contributed by atoms with E-state index in [1.807, 2.05) is 0 Å². The van der Waals surface area contributed by atoms with E-state index in [1.54, 1.807) is 11.0 Å². The minimum absolute atomic E-state index is 0.187. The van der Waals surface area contributed by atoms with E-state index in [0.29, 0.717) is 6.98 Å². The summed E-state index contributed by atoms with van der Waals surface area (Å²) in [6.07, 6.45) is 13.5. The Kier molecular flexibility index (Phi) is 9.85. The molecule has 1 heterocycles. The summed E-state index contributed by atoms with van der Waals surface area (Å²) < 4.78 is 0. The molecular weight excluding hydrogens is 327 g/mol. The van der Waals surface area contributed by atoms with Gasteiger partial charge in [-0.25, -0.2) is 0 Å². The van der Waals surface area contributed by atoms with E-state index in [0.717, 1.165) is 13.1 Å². The molecule has 0 aromatic carbocycles. The van der Waals surface area contributed by atoms with E-state index in [9.17, 15) is 0 Å². The summed E-state index contributed by atoms with van der Waals surface area (Å²) in [5.74, 6) is 0. The number of allylic oxidation sites excluding steroid dienone is 4. The van der Waals surface area contributed by atoms with Crippen LogP contribution in [0, 0.1) is 0 Å². The predicted molar refractivity (Wildman–Crippen MR) is 124 cm³/mol. The Morgan fingerprint density at radius 2 is 1.33 bits per heavy atom. The molecule has 1 rings (SSSR count). The summed E-state index contributed by atoms with van der Waals surface area (Å²) in [5.41, 5.74) is 3.65. The lowest BCUT2D eigenvalue weighted by atomic mass is 9.58. The number of unbranched alkanes of at least 4 members (excludes halogenated alkanes) is 2. The highest BCUT2D eigenvalue weighted by Crippen LogP contribution is 2.34. The highest BCUT2D eigenvalue weighted by molar-refractivity contribution is 6.62. The van der Waals surface area contributed by atoms with Crippen LogP contribution in [0.3, 0.4) is 0 Å². The average Bonchev–Trinajstić information content (AvgIpc) is 3.01. The van der Waals surface area contributed by atoms with E-state index in [2.05, 4.69) is 84.1 Å². The maximum absolute atomic E-state index is 2.75. The zero-order chi connectivity index (χ0) is 20.7. The Morgan fingerprint density at radius 1 is 0.815 bits per heavy atom. The summed E-state index contributed by atoms with van der Waals surface area (Å²) in [4.78, 5) is 5.50. The summed E-state index contributed by atoms with van der Waals surface area (Å²) >= 11 is 0. The van der Waals surface area contributed by atoms with Crippen LogP contribution in [0.1, 0.15) is 107 Å². The lowest BCUT2D eigenvalue weighted by Gasteiger charge is -2.42. The summed E-state index contributed by atoms with van der Waals surface area (Å²) in [5, 5.41) is 0. The van der Waals surface area contributed by atoms with Gasteiger partial charge in [0.15, 0.2) is 0 Å². The number of hydrogen-bond donors (Lipinski definition) is 0. The third-order valence-corrected chi connectivity index (χ3v) is 5.70. The van der Waals surface area contributed by atoms with Crippen LogP contribution in [0.15, 0.2) is 23.2 Å². The van der Waals surface area contributed by atoms with Gasteiger partial charge in [-0.2, -0.15) is 0 Å². The molecule has 0 bridgehead atoms. The van der Waals surface area contributed by atoms with Gasteiger partial charge in [0.25, 0.3) is 0 Å². The first-order chi connectivity index (χ1) is 12.6. The second-order valence-corrected chi connectivity index (χ2v) is 10.2. The summed E-state index contributed by atoms with van der Waals surface area (Å²) in [7, 11) is 0. The fourth-order valence-corrected chi connectivity index (χ4v) is 4.30. The van der Waals surface area contributed by atoms with Gasteiger partial charge in [0.2, 0.25) is 0 Å². The molecule has 27 heavy (non-hydrogen) atoms. The Hall–Kier alpha value is -0.535. The van der Waals surface area contributed by atoms with E-state index in [4.69, 9.17) is 0 Å². The molecule has 0 aromatic rings. The monoisotopic (exact) mass is 374 g/mol. The van der Waals surface area contributed by atoms with Gasteiger partial charge in [-0.1, -0.05) is 69.7 Å². The lowest BCUT2D eigenvalue weighted by molar-refractivity contribution is 0.269. The second-order valence-electron chi connectivity index (χ2n) is 10.2. The van der Waals surface area contributed by atoms with Crippen molar-refractivity contribution in [3.8, 4) is 0 Å². The SMILES string of the molecule is CCCC/C=C/C(CCC)=C(/CCC)B1N(C(C)(C)C)CCN1C(C)(C)C. The van der Waals surface area contributed by atoms with Crippen LogP contribution in [0.25, 0.3) is 0 Å². The molecule has 0 aliphatic carbocycles. The van der Waals surface area contributed by atoms with Gasteiger partial charge in [-0.05, 0) is 60.8 Å². The van der Waals surface area contributed by atoms with Crippen molar-refractivity contribution in [3.05, 3.63) is 23.2 Å². The van der Waals surface area contributed by atoms with Crippen molar-refractivity contribution < 1.29 is 0 Å². The van der Waals surface area contributed by atoms with Crippen LogP contribution >= 0.6 is 0 Å². The van der Waals surface area contributed by atoms with Gasteiger partial charge in [0.1, 0.15) is 0 Å². The van der Waals surface area contributed by atoms with Crippen molar-refractivity contribution in [2.75, 3.05) is 13.1 Å². The minimum atomic E-state index is 0.187. The molecule has 156 valence electrons. The number of nitrogens with zero attached hydrogens (tertiary/aromatic N) is 2. The zero-order valence-electron chi connectivity index (χ0n) is 20.0. The highest BCUT2D eigenvalue weighted by atomic mass is 15.3. The fraction of sp³-hybridized carbons (Fsp3) is 0.833. The van der Waals surface area contributed by atoms with Crippen molar-refractivity contribution in [1.29, 1.82) is 0 Å². The van der Waals surface area contributed by atoms with E-state index in [-0.39, 0.29) is 11.1 Å². The van der Waals surface area contributed by atoms with Crippen LogP contribution < -0.4 is 0 Å². The normalized spacial score (nSPS) is 18.6. The molecule has 1 saturated heterocycles. The predicted octanol–water partition coefficient (Wildman–Crippen LogP) is 6.87. The molecular formula is C24H47BN2. The largest absolute Gasteiger partial charge is 0.343 e. The van der Waals surface area contributed by atoms with Gasteiger partial charge < -0.3 is 9.62 Å². The molecule has 2 nitrogen and oxygen atoms in total. The van der Waals surface area contributed by atoms with Crippen LogP contribution in [-0.4, -0.2) is 40.8 Å². The van der Waals surface area contributed by atoms with Crippen LogP contribution in [0.2, 0.25) is 0 Å². The Bertz CT molecular complexity index is 471.